The van der Waals surface area contributed by atoms with E-state index in [4.69, 9.17) is 5.11 Å². The zero-order valence-electron chi connectivity index (χ0n) is 12.9. The molecule has 2 aromatic heterocycles. The van der Waals surface area contributed by atoms with Gasteiger partial charge in [-0.2, -0.15) is 0 Å². The van der Waals surface area contributed by atoms with Gasteiger partial charge in [-0.15, -0.1) is 0 Å². The van der Waals surface area contributed by atoms with Crippen molar-refractivity contribution >= 4 is 28.9 Å². The number of carbonyl (C=O) groups is 1. The van der Waals surface area contributed by atoms with Crippen LogP contribution < -0.4 is 0 Å². The summed E-state index contributed by atoms with van der Waals surface area (Å²) in [7, 11) is 0. The minimum Gasteiger partial charge on any atom is -0.481 e. The summed E-state index contributed by atoms with van der Waals surface area (Å²) in [6, 6.07) is 3.88. The second-order valence-electron chi connectivity index (χ2n) is 5.41. The Bertz CT molecular complexity index is 662. The molecular weight excluding hydrogens is 286 g/mol. The molecule has 0 bridgehead atoms. The van der Waals surface area contributed by atoms with Gasteiger partial charge in [0.2, 0.25) is 0 Å². The normalized spacial score (nSPS) is 12.0. The summed E-state index contributed by atoms with van der Waals surface area (Å²) < 4.78 is 2.11. The number of nitrogens with zero attached hydrogens (tertiary/aromatic N) is 3. The van der Waals surface area contributed by atoms with E-state index < -0.39 is 5.97 Å². The van der Waals surface area contributed by atoms with Gasteiger partial charge >= 0.3 is 5.97 Å². The first-order valence-electron chi connectivity index (χ1n) is 7.12. The standard InChI is InChI=1S/C15H21N3O2S/c1-5-15(4,6-2)18-13-11(8-7-10(3)16-13)17-14(18)21-9-12(19)20/h7-8H,5-6,9H2,1-4H3,(H,19,20). The lowest BCUT2D eigenvalue weighted by Crippen LogP contribution is -2.29. The third kappa shape index (κ3) is 3.05. The van der Waals surface area contributed by atoms with Crippen molar-refractivity contribution in [1.82, 2.24) is 14.5 Å². The highest BCUT2D eigenvalue weighted by Gasteiger charge is 2.28. The predicted molar refractivity (Wildman–Crippen MR) is 84.9 cm³/mol. The van der Waals surface area contributed by atoms with E-state index in [0.717, 1.165) is 34.9 Å². The van der Waals surface area contributed by atoms with Crippen LogP contribution in [0.4, 0.5) is 0 Å². The number of carboxylic acid groups (broad SMARTS) is 1. The average Bonchev–Trinajstić information content (AvgIpc) is 2.82. The van der Waals surface area contributed by atoms with E-state index in [1.165, 1.54) is 11.8 Å². The molecule has 1 N–H and O–H groups in total. The fraction of sp³-hybridized carbons (Fsp3) is 0.533. The van der Waals surface area contributed by atoms with Crippen LogP contribution in [-0.4, -0.2) is 31.4 Å². The molecule has 2 heterocycles. The molecule has 0 aliphatic rings. The molecule has 0 radical (unpaired) electrons. The number of hydrogen-bond acceptors (Lipinski definition) is 4. The van der Waals surface area contributed by atoms with Gasteiger partial charge in [0.1, 0.15) is 5.52 Å². The lowest BCUT2D eigenvalue weighted by Gasteiger charge is -2.30. The molecule has 6 heteroatoms. The Balaban J connectivity index is 2.63. The van der Waals surface area contributed by atoms with Crippen molar-refractivity contribution in [3.8, 4) is 0 Å². The molecule has 0 saturated carbocycles. The lowest BCUT2D eigenvalue weighted by molar-refractivity contribution is -0.133. The van der Waals surface area contributed by atoms with Gasteiger partial charge in [0, 0.05) is 11.2 Å². The molecule has 21 heavy (non-hydrogen) atoms. The fourth-order valence-corrected chi connectivity index (χ4v) is 3.16. The maximum absolute atomic E-state index is 10.9. The van der Waals surface area contributed by atoms with Gasteiger partial charge in [0.05, 0.1) is 5.75 Å². The number of aryl methyl sites for hydroxylation is 1. The number of carboxylic acids is 1. The van der Waals surface area contributed by atoms with E-state index in [9.17, 15) is 4.79 Å². The first kappa shape index (κ1) is 15.8. The van der Waals surface area contributed by atoms with Gasteiger partial charge in [-0.05, 0) is 38.8 Å². The molecule has 0 amide bonds. The minimum absolute atomic E-state index is 0.00577. The Labute approximate surface area is 128 Å². The van der Waals surface area contributed by atoms with Gasteiger partial charge in [0.15, 0.2) is 10.8 Å². The number of imidazole rings is 1. The van der Waals surface area contributed by atoms with Gasteiger partial charge in [0.25, 0.3) is 0 Å². The zero-order chi connectivity index (χ0) is 15.6. The molecule has 114 valence electrons. The van der Waals surface area contributed by atoms with Gasteiger partial charge in [-0.25, -0.2) is 9.97 Å². The second kappa shape index (κ2) is 6.05. The van der Waals surface area contributed by atoms with Crippen LogP contribution in [0.25, 0.3) is 11.2 Å². The van der Waals surface area contributed by atoms with Crippen LogP contribution in [0.15, 0.2) is 17.3 Å². The Morgan fingerprint density at radius 2 is 2.00 bits per heavy atom. The summed E-state index contributed by atoms with van der Waals surface area (Å²) in [5, 5.41) is 9.66. The zero-order valence-corrected chi connectivity index (χ0v) is 13.7. The number of aromatic nitrogens is 3. The molecule has 0 spiro atoms. The Kier molecular flexibility index (Phi) is 4.56. The molecule has 2 aromatic rings. The van der Waals surface area contributed by atoms with Crippen molar-refractivity contribution in [2.24, 2.45) is 0 Å². The summed E-state index contributed by atoms with van der Waals surface area (Å²) >= 11 is 1.26. The number of rotatable bonds is 6. The molecule has 0 unspecified atom stereocenters. The molecule has 0 atom stereocenters. The molecule has 2 rings (SSSR count). The Morgan fingerprint density at radius 3 is 2.57 bits per heavy atom. The number of aliphatic carboxylic acids is 1. The van der Waals surface area contributed by atoms with E-state index in [1.807, 2.05) is 19.1 Å². The number of hydrogen-bond donors (Lipinski definition) is 1. The van der Waals surface area contributed by atoms with Gasteiger partial charge in [-0.3, -0.25) is 9.36 Å². The average molecular weight is 307 g/mol. The van der Waals surface area contributed by atoms with Crippen LogP contribution in [0.5, 0.6) is 0 Å². The second-order valence-corrected chi connectivity index (χ2v) is 6.35. The van der Waals surface area contributed by atoms with Crippen LogP contribution in [-0.2, 0) is 10.3 Å². The Morgan fingerprint density at radius 1 is 1.33 bits per heavy atom. The molecule has 5 nitrogen and oxygen atoms in total. The molecule has 0 aromatic carbocycles. The first-order chi connectivity index (χ1) is 9.91. The quantitative estimate of drug-likeness (QED) is 0.828. The SMILES string of the molecule is CCC(C)(CC)n1c(SCC(=O)O)nc2ccc(C)nc21. The number of thioether (sulfide) groups is 1. The van der Waals surface area contributed by atoms with Crippen molar-refractivity contribution in [2.45, 2.75) is 51.2 Å². The maximum atomic E-state index is 10.9. The molecule has 0 saturated heterocycles. The van der Waals surface area contributed by atoms with Crippen LogP contribution >= 0.6 is 11.8 Å². The highest BCUT2D eigenvalue weighted by Crippen LogP contribution is 2.34. The van der Waals surface area contributed by atoms with Crippen molar-refractivity contribution < 1.29 is 9.90 Å². The van der Waals surface area contributed by atoms with Crippen molar-refractivity contribution in [2.75, 3.05) is 5.75 Å². The monoisotopic (exact) mass is 307 g/mol. The Hall–Kier alpha value is -1.56. The van der Waals surface area contributed by atoms with Crippen molar-refractivity contribution in [3.63, 3.8) is 0 Å². The molecular formula is C15H21N3O2S. The third-order valence-electron chi connectivity index (χ3n) is 4.00. The van der Waals surface area contributed by atoms with E-state index in [1.54, 1.807) is 0 Å². The minimum atomic E-state index is -0.836. The van der Waals surface area contributed by atoms with Crippen LogP contribution in [0.3, 0.4) is 0 Å². The van der Waals surface area contributed by atoms with Gasteiger partial charge in [-0.1, -0.05) is 25.6 Å². The largest absolute Gasteiger partial charge is 0.481 e. The maximum Gasteiger partial charge on any atom is 0.313 e. The van der Waals surface area contributed by atoms with E-state index in [-0.39, 0.29) is 11.3 Å². The fourth-order valence-electron chi connectivity index (χ4n) is 2.31. The highest BCUT2D eigenvalue weighted by atomic mass is 32.2. The third-order valence-corrected chi connectivity index (χ3v) is 4.92. The van der Waals surface area contributed by atoms with Gasteiger partial charge < -0.3 is 5.11 Å². The summed E-state index contributed by atoms with van der Waals surface area (Å²) in [6.07, 6.45) is 1.87. The molecule has 0 fully saturated rings. The summed E-state index contributed by atoms with van der Waals surface area (Å²) in [5.74, 6) is -0.830. The van der Waals surface area contributed by atoms with E-state index in [0.29, 0.717) is 0 Å². The summed E-state index contributed by atoms with van der Waals surface area (Å²) in [4.78, 5) is 20.1. The van der Waals surface area contributed by atoms with E-state index >= 15 is 0 Å². The highest BCUT2D eigenvalue weighted by molar-refractivity contribution is 7.99. The van der Waals surface area contributed by atoms with Crippen LogP contribution in [0.1, 0.15) is 39.3 Å². The predicted octanol–water partition coefficient (Wildman–Crippen LogP) is 3.45. The van der Waals surface area contributed by atoms with Crippen LogP contribution in [0, 0.1) is 6.92 Å². The van der Waals surface area contributed by atoms with Crippen molar-refractivity contribution in [3.05, 3.63) is 17.8 Å². The molecule has 0 aliphatic heterocycles. The number of pyridine rings is 1. The summed E-state index contributed by atoms with van der Waals surface area (Å²) in [6.45, 7) is 8.40. The van der Waals surface area contributed by atoms with Crippen molar-refractivity contribution in [1.29, 1.82) is 0 Å². The van der Waals surface area contributed by atoms with Crippen LogP contribution in [0.2, 0.25) is 0 Å². The first-order valence-corrected chi connectivity index (χ1v) is 8.11. The smallest absolute Gasteiger partial charge is 0.313 e. The summed E-state index contributed by atoms with van der Waals surface area (Å²) in [5.41, 5.74) is 2.49. The lowest BCUT2D eigenvalue weighted by atomic mass is 9.95. The van der Waals surface area contributed by atoms with E-state index in [2.05, 4.69) is 35.3 Å². The number of fused-ring (bicyclic) bond motifs is 1. The topological polar surface area (TPSA) is 68.0 Å². The molecule has 0 aliphatic carbocycles.